The van der Waals surface area contributed by atoms with E-state index in [4.69, 9.17) is 4.74 Å². The molecule has 0 unspecified atom stereocenters. The maximum absolute atomic E-state index is 7.08. The minimum atomic E-state index is -0.624. The van der Waals surface area contributed by atoms with E-state index in [-0.39, 0.29) is 0 Å². The fourth-order valence-corrected chi connectivity index (χ4v) is 5.26. The van der Waals surface area contributed by atoms with Gasteiger partial charge >= 0.3 is 0 Å². The summed E-state index contributed by atoms with van der Waals surface area (Å²) in [5.41, 5.74) is 5.98. The molecule has 0 bridgehead atoms. The van der Waals surface area contributed by atoms with Crippen LogP contribution in [-0.2, 0) is 18.4 Å². The molecule has 4 aromatic rings. The molecule has 2 aliphatic rings. The zero-order valence-corrected chi connectivity index (χ0v) is 17.0. The highest BCUT2D eigenvalue weighted by Crippen LogP contribution is 2.48. The minimum absolute atomic E-state index is 0.624. The highest BCUT2D eigenvalue weighted by Gasteiger charge is 2.38. The molecular weight excluding hydrogens is 364 g/mol. The number of aryl methyl sites for hydroxylation is 1. The maximum atomic E-state index is 7.08. The summed E-state index contributed by atoms with van der Waals surface area (Å²) in [7, 11) is 0. The van der Waals surface area contributed by atoms with Crippen molar-refractivity contribution in [2.75, 3.05) is 0 Å². The van der Waals surface area contributed by atoms with Gasteiger partial charge < -0.3 is 4.74 Å². The van der Waals surface area contributed by atoms with Crippen LogP contribution < -0.4 is 4.74 Å². The van der Waals surface area contributed by atoms with Gasteiger partial charge in [-0.2, -0.15) is 0 Å². The maximum Gasteiger partial charge on any atom is 0.178 e. The molecule has 0 fully saturated rings. The van der Waals surface area contributed by atoms with E-state index in [9.17, 15) is 0 Å². The van der Waals surface area contributed by atoms with Crippen molar-refractivity contribution in [3.63, 3.8) is 0 Å². The van der Waals surface area contributed by atoms with E-state index in [1.165, 1.54) is 46.7 Å². The second kappa shape index (κ2) is 6.88. The van der Waals surface area contributed by atoms with Crippen LogP contribution in [0, 0.1) is 0 Å². The second-order valence-electron chi connectivity index (χ2n) is 8.36. The summed E-state index contributed by atoms with van der Waals surface area (Å²) in [4.78, 5) is 0. The zero-order valence-electron chi connectivity index (χ0n) is 17.0. The van der Waals surface area contributed by atoms with Crippen LogP contribution in [0.25, 0.3) is 16.8 Å². The van der Waals surface area contributed by atoms with E-state index >= 15 is 0 Å². The van der Waals surface area contributed by atoms with Crippen LogP contribution in [-0.4, -0.2) is 0 Å². The van der Waals surface area contributed by atoms with Crippen molar-refractivity contribution in [2.24, 2.45) is 0 Å². The molecule has 0 N–H and O–H groups in total. The summed E-state index contributed by atoms with van der Waals surface area (Å²) in [6.45, 7) is 0. The number of fused-ring (bicyclic) bond motifs is 6. The van der Waals surface area contributed by atoms with Gasteiger partial charge in [-0.15, -0.1) is 0 Å². The van der Waals surface area contributed by atoms with Gasteiger partial charge in [0.15, 0.2) is 5.60 Å². The summed E-state index contributed by atoms with van der Waals surface area (Å²) in [5.74, 6) is 1.03. The molecule has 0 radical (unpaired) electrons. The van der Waals surface area contributed by atoms with Gasteiger partial charge in [-0.05, 0) is 48.3 Å². The molecule has 1 aliphatic carbocycles. The fraction of sp³-hybridized carbons (Fsp3) is 0.172. The number of ether oxygens (including phenoxy) is 1. The average molecular weight is 389 g/mol. The molecule has 4 aromatic carbocycles. The van der Waals surface area contributed by atoms with E-state index in [1.807, 2.05) is 0 Å². The van der Waals surface area contributed by atoms with Gasteiger partial charge in [0.05, 0.1) is 0 Å². The molecule has 1 nitrogen and oxygen atoms in total. The molecule has 6 rings (SSSR count). The third kappa shape index (κ3) is 2.55. The zero-order chi connectivity index (χ0) is 20.0. The first-order chi connectivity index (χ1) is 14.9. The lowest BCUT2D eigenvalue weighted by atomic mass is 9.79. The Hall–Kier alpha value is -3.32. The number of benzene rings is 4. The summed E-state index contributed by atoms with van der Waals surface area (Å²) in [6.07, 6.45) is 9.44. The highest BCUT2D eigenvalue weighted by molar-refractivity contribution is 5.97. The highest BCUT2D eigenvalue weighted by atomic mass is 16.5. The number of hydrogen-bond donors (Lipinski definition) is 0. The lowest BCUT2D eigenvalue weighted by Gasteiger charge is -2.38. The van der Waals surface area contributed by atoms with Crippen LogP contribution in [0.4, 0.5) is 0 Å². The summed E-state index contributed by atoms with van der Waals surface area (Å²) in [6, 6.07) is 30.0. The van der Waals surface area contributed by atoms with Crippen molar-refractivity contribution >= 4 is 16.8 Å². The quantitative estimate of drug-likeness (QED) is 0.357. The Labute approximate surface area is 177 Å². The Morgan fingerprint density at radius 1 is 0.600 bits per heavy atom. The molecule has 30 heavy (non-hydrogen) atoms. The van der Waals surface area contributed by atoms with Crippen LogP contribution >= 0.6 is 0 Å². The number of hydrogen-bond acceptors (Lipinski definition) is 1. The van der Waals surface area contributed by atoms with Crippen molar-refractivity contribution in [1.82, 2.24) is 0 Å². The fourth-order valence-electron chi connectivity index (χ4n) is 5.26. The molecule has 0 saturated carbocycles. The average Bonchev–Trinajstić information content (AvgIpc) is 2.85. The van der Waals surface area contributed by atoms with Gasteiger partial charge in [0.25, 0.3) is 0 Å². The Morgan fingerprint density at radius 3 is 1.83 bits per heavy atom. The monoisotopic (exact) mass is 388 g/mol. The third-order valence-electron chi connectivity index (χ3n) is 6.69. The summed E-state index contributed by atoms with van der Waals surface area (Å²) in [5, 5.41) is 2.59. The van der Waals surface area contributed by atoms with E-state index < -0.39 is 5.60 Å². The lowest BCUT2D eigenvalue weighted by molar-refractivity contribution is 0.163. The molecule has 0 aromatic heterocycles. The summed E-state index contributed by atoms with van der Waals surface area (Å²) >= 11 is 0. The van der Waals surface area contributed by atoms with Crippen molar-refractivity contribution in [3.8, 4) is 5.75 Å². The van der Waals surface area contributed by atoms with Gasteiger partial charge in [0.1, 0.15) is 5.75 Å². The minimum Gasteiger partial charge on any atom is -0.472 e. The molecule has 1 heteroatoms. The largest absolute Gasteiger partial charge is 0.472 e. The SMILES string of the molecule is C1=CC(c2ccccc2)(c2ccccc2)Oc2c1c1c(c3ccccc23)CCCC1. The third-order valence-corrected chi connectivity index (χ3v) is 6.69. The van der Waals surface area contributed by atoms with Gasteiger partial charge in [-0.25, -0.2) is 0 Å². The van der Waals surface area contributed by atoms with Crippen molar-refractivity contribution in [1.29, 1.82) is 0 Å². The first-order valence-electron chi connectivity index (χ1n) is 10.9. The molecule has 0 saturated heterocycles. The van der Waals surface area contributed by atoms with Gasteiger partial charge in [0, 0.05) is 22.1 Å². The molecule has 1 aliphatic heterocycles. The summed E-state index contributed by atoms with van der Waals surface area (Å²) < 4.78 is 7.08. The van der Waals surface area contributed by atoms with Gasteiger partial charge in [-0.1, -0.05) is 91.0 Å². The van der Waals surface area contributed by atoms with E-state index in [0.29, 0.717) is 0 Å². The predicted octanol–water partition coefficient (Wildman–Crippen LogP) is 7.07. The first kappa shape index (κ1) is 17.5. The van der Waals surface area contributed by atoms with Crippen molar-refractivity contribution in [2.45, 2.75) is 31.3 Å². The predicted molar refractivity (Wildman–Crippen MR) is 124 cm³/mol. The first-order valence-corrected chi connectivity index (χ1v) is 10.9. The van der Waals surface area contributed by atoms with Crippen LogP contribution in [0.15, 0.2) is 91.0 Å². The molecule has 0 spiro atoms. The number of rotatable bonds is 2. The molecular formula is C29H24O. The molecule has 0 atom stereocenters. The Bertz CT molecular complexity index is 1210. The van der Waals surface area contributed by atoms with Crippen LogP contribution in [0.2, 0.25) is 0 Å². The second-order valence-corrected chi connectivity index (χ2v) is 8.36. The van der Waals surface area contributed by atoms with Gasteiger partial charge in [0.2, 0.25) is 0 Å². The van der Waals surface area contributed by atoms with E-state index in [0.717, 1.165) is 23.3 Å². The van der Waals surface area contributed by atoms with Crippen LogP contribution in [0.1, 0.15) is 40.7 Å². The van der Waals surface area contributed by atoms with Crippen molar-refractivity contribution < 1.29 is 4.74 Å². The van der Waals surface area contributed by atoms with E-state index in [1.54, 1.807) is 0 Å². The van der Waals surface area contributed by atoms with Crippen LogP contribution in [0.3, 0.4) is 0 Å². The Morgan fingerprint density at radius 2 is 1.17 bits per heavy atom. The Kier molecular flexibility index (Phi) is 4.02. The van der Waals surface area contributed by atoms with Gasteiger partial charge in [-0.3, -0.25) is 0 Å². The topological polar surface area (TPSA) is 9.23 Å². The Balaban J connectivity index is 1.65. The standard InChI is InChI=1S/C29H24O/c1-3-11-21(12-4-1)29(22-13-5-2-6-14-22)20-19-27-25-17-8-7-15-23(25)24-16-9-10-18-26(24)28(27)30-29/h1-6,9-14,16,18-20H,7-8,15,17H2. The van der Waals surface area contributed by atoms with Crippen LogP contribution in [0.5, 0.6) is 5.75 Å². The molecule has 146 valence electrons. The smallest absolute Gasteiger partial charge is 0.178 e. The van der Waals surface area contributed by atoms with Crippen molar-refractivity contribution in [3.05, 3.63) is 119 Å². The normalized spacial score (nSPS) is 16.5. The molecule has 0 amide bonds. The molecule has 1 heterocycles. The lowest BCUT2D eigenvalue weighted by Crippen LogP contribution is -2.34. The van der Waals surface area contributed by atoms with E-state index in [2.05, 4.69) is 97.1 Å².